The van der Waals surface area contributed by atoms with Crippen molar-refractivity contribution in [2.45, 2.75) is 25.7 Å². The van der Waals surface area contributed by atoms with Crippen LogP contribution >= 0.6 is 11.6 Å². The Morgan fingerprint density at radius 2 is 2.16 bits per heavy atom. The van der Waals surface area contributed by atoms with Crippen LogP contribution < -0.4 is 0 Å². The van der Waals surface area contributed by atoms with Gasteiger partial charge < -0.3 is 0 Å². The number of rotatable bonds is 1. The number of benzene rings is 1. The second-order valence-corrected chi connectivity index (χ2v) is 5.14. The molecule has 2 aromatic rings. The zero-order valence-corrected chi connectivity index (χ0v) is 11.2. The highest BCUT2D eigenvalue weighted by Crippen LogP contribution is 2.28. The van der Waals surface area contributed by atoms with Crippen molar-refractivity contribution in [1.29, 1.82) is 0 Å². The second kappa shape index (κ2) is 5.10. The predicted molar refractivity (Wildman–Crippen MR) is 77.3 cm³/mol. The topological polar surface area (TPSA) is 42.3 Å². The molecule has 19 heavy (non-hydrogen) atoms. The van der Waals surface area contributed by atoms with Crippen molar-refractivity contribution in [1.82, 2.24) is 4.98 Å². The van der Waals surface area contributed by atoms with Crippen LogP contribution in [0.3, 0.4) is 0 Å². The van der Waals surface area contributed by atoms with E-state index in [0.717, 1.165) is 35.0 Å². The lowest BCUT2D eigenvalue weighted by atomic mass is 9.97. The average molecular weight is 273 g/mol. The summed E-state index contributed by atoms with van der Waals surface area (Å²) in [6.45, 7) is 0. The van der Waals surface area contributed by atoms with Gasteiger partial charge in [-0.3, -0.25) is 9.79 Å². The van der Waals surface area contributed by atoms with Crippen LogP contribution in [0.5, 0.6) is 0 Å². The molecule has 1 aliphatic carbocycles. The number of fused-ring (bicyclic) bond motifs is 1. The van der Waals surface area contributed by atoms with Crippen molar-refractivity contribution in [2.75, 3.05) is 0 Å². The summed E-state index contributed by atoms with van der Waals surface area (Å²) in [7, 11) is 0. The van der Waals surface area contributed by atoms with E-state index in [1.54, 1.807) is 6.20 Å². The van der Waals surface area contributed by atoms with Gasteiger partial charge in [-0.15, -0.1) is 0 Å². The lowest BCUT2D eigenvalue weighted by Gasteiger charge is -2.12. The summed E-state index contributed by atoms with van der Waals surface area (Å²) >= 11 is 5.94. The zero-order valence-electron chi connectivity index (χ0n) is 10.4. The standard InChI is InChI=1S/C15H13ClN2O/c16-15-8-13-10(9-17-15)3-1-6-14(13)18-11-4-2-5-12(19)7-11/h1,3,6,8-9H,2,4-5,7H2. The maximum atomic E-state index is 11.5. The Kier molecular flexibility index (Phi) is 3.30. The molecule has 4 heteroatoms. The van der Waals surface area contributed by atoms with Crippen molar-refractivity contribution in [3.05, 3.63) is 35.6 Å². The van der Waals surface area contributed by atoms with E-state index in [0.29, 0.717) is 18.0 Å². The summed E-state index contributed by atoms with van der Waals surface area (Å²) in [5.41, 5.74) is 1.84. The quantitative estimate of drug-likeness (QED) is 0.733. The van der Waals surface area contributed by atoms with E-state index in [1.807, 2.05) is 24.3 Å². The summed E-state index contributed by atoms with van der Waals surface area (Å²) in [5, 5.41) is 2.45. The van der Waals surface area contributed by atoms with Gasteiger partial charge >= 0.3 is 0 Å². The van der Waals surface area contributed by atoms with Crippen LogP contribution in [-0.2, 0) is 4.79 Å². The summed E-state index contributed by atoms with van der Waals surface area (Å²) in [6, 6.07) is 7.70. The van der Waals surface area contributed by atoms with Crippen LogP contribution in [0, 0.1) is 0 Å². The molecule has 0 spiro atoms. The van der Waals surface area contributed by atoms with Crippen molar-refractivity contribution in [3.8, 4) is 0 Å². The summed E-state index contributed by atoms with van der Waals surface area (Å²) in [4.78, 5) is 20.2. The Balaban J connectivity index is 2.07. The third-order valence-corrected chi connectivity index (χ3v) is 3.51. The van der Waals surface area contributed by atoms with Gasteiger partial charge in [0.05, 0.1) is 5.69 Å². The molecule has 0 N–H and O–H groups in total. The molecule has 0 bridgehead atoms. The molecule has 0 atom stereocenters. The maximum absolute atomic E-state index is 11.5. The molecule has 0 unspecified atom stereocenters. The minimum absolute atomic E-state index is 0.282. The molecule has 3 rings (SSSR count). The number of hydrogen-bond donors (Lipinski definition) is 0. The fourth-order valence-corrected chi connectivity index (χ4v) is 2.54. The smallest absolute Gasteiger partial charge is 0.138 e. The first kappa shape index (κ1) is 12.3. The second-order valence-electron chi connectivity index (χ2n) is 4.75. The van der Waals surface area contributed by atoms with Gasteiger partial charge in [-0.2, -0.15) is 0 Å². The number of pyridine rings is 1. The van der Waals surface area contributed by atoms with E-state index in [-0.39, 0.29) is 5.78 Å². The fourth-order valence-electron chi connectivity index (χ4n) is 2.39. The van der Waals surface area contributed by atoms with Crippen LogP contribution in [0.2, 0.25) is 5.15 Å². The van der Waals surface area contributed by atoms with Crippen molar-refractivity contribution < 1.29 is 4.79 Å². The molecule has 1 fully saturated rings. The highest BCUT2D eigenvalue weighted by Gasteiger charge is 2.14. The Hall–Kier alpha value is -1.74. The third kappa shape index (κ3) is 2.66. The van der Waals surface area contributed by atoms with Gasteiger partial charge in [0.2, 0.25) is 0 Å². The van der Waals surface area contributed by atoms with Gasteiger partial charge in [-0.25, -0.2) is 4.98 Å². The lowest BCUT2D eigenvalue weighted by Crippen LogP contribution is -2.13. The Morgan fingerprint density at radius 3 is 3.00 bits per heavy atom. The van der Waals surface area contributed by atoms with Crippen LogP contribution in [0.25, 0.3) is 10.8 Å². The maximum Gasteiger partial charge on any atom is 0.138 e. The number of hydrogen-bond acceptors (Lipinski definition) is 3. The molecule has 1 saturated carbocycles. The van der Waals surface area contributed by atoms with E-state index >= 15 is 0 Å². The van der Waals surface area contributed by atoms with Gasteiger partial charge in [0.25, 0.3) is 0 Å². The first-order valence-corrected chi connectivity index (χ1v) is 6.72. The summed E-state index contributed by atoms with van der Waals surface area (Å²) in [5.74, 6) is 0.282. The molecule has 0 radical (unpaired) electrons. The minimum Gasteiger partial charge on any atom is -0.299 e. The number of ketones is 1. The monoisotopic (exact) mass is 272 g/mol. The van der Waals surface area contributed by atoms with Crippen LogP contribution in [-0.4, -0.2) is 16.5 Å². The zero-order chi connectivity index (χ0) is 13.2. The van der Waals surface area contributed by atoms with Gasteiger partial charge in [-0.1, -0.05) is 23.7 Å². The van der Waals surface area contributed by atoms with E-state index in [9.17, 15) is 4.79 Å². The van der Waals surface area contributed by atoms with Crippen molar-refractivity contribution >= 4 is 39.6 Å². The molecule has 0 amide bonds. The summed E-state index contributed by atoms with van der Waals surface area (Å²) < 4.78 is 0. The van der Waals surface area contributed by atoms with Crippen molar-refractivity contribution in [2.24, 2.45) is 4.99 Å². The van der Waals surface area contributed by atoms with Crippen LogP contribution in [0.15, 0.2) is 35.5 Å². The molecule has 1 aliphatic rings. The SMILES string of the molecule is O=C1CCCC(=Nc2cccc3cnc(Cl)cc23)C1. The number of aromatic nitrogens is 1. The molecule has 1 heterocycles. The van der Waals surface area contributed by atoms with Gasteiger partial charge in [0.15, 0.2) is 0 Å². The number of Topliss-reactive ketones (excluding diaryl/α,β-unsaturated/α-hetero) is 1. The lowest BCUT2D eigenvalue weighted by molar-refractivity contribution is -0.118. The highest BCUT2D eigenvalue weighted by atomic mass is 35.5. The minimum atomic E-state index is 0.282. The van der Waals surface area contributed by atoms with Crippen molar-refractivity contribution in [3.63, 3.8) is 0 Å². The number of carbonyl (C=O) groups excluding carboxylic acids is 1. The molecule has 0 saturated heterocycles. The summed E-state index contributed by atoms with van der Waals surface area (Å²) in [6.07, 6.45) is 4.72. The molecular weight excluding hydrogens is 260 g/mol. The fraction of sp³-hybridized carbons (Fsp3) is 0.267. The van der Waals surface area contributed by atoms with E-state index in [4.69, 9.17) is 11.6 Å². The molecule has 3 nitrogen and oxygen atoms in total. The van der Waals surface area contributed by atoms with Crippen LogP contribution in [0.1, 0.15) is 25.7 Å². The van der Waals surface area contributed by atoms with Gasteiger partial charge in [0, 0.05) is 35.5 Å². The Bertz CT molecular complexity index is 679. The average Bonchev–Trinajstić information content (AvgIpc) is 2.39. The predicted octanol–water partition coefficient (Wildman–Crippen LogP) is 4.10. The first-order valence-electron chi connectivity index (χ1n) is 6.35. The Labute approximate surface area is 116 Å². The highest BCUT2D eigenvalue weighted by molar-refractivity contribution is 6.30. The normalized spacial score (nSPS) is 18.2. The molecule has 1 aromatic carbocycles. The van der Waals surface area contributed by atoms with Gasteiger partial charge in [-0.05, 0) is 25.0 Å². The largest absolute Gasteiger partial charge is 0.299 e. The number of aliphatic imine (C=N–C) groups is 1. The van der Waals surface area contributed by atoms with Gasteiger partial charge in [0.1, 0.15) is 10.9 Å². The first-order chi connectivity index (χ1) is 9.22. The molecule has 0 aliphatic heterocycles. The van der Waals surface area contributed by atoms with E-state index < -0.39 is 0 Å². The molecular formula is C15H13ClN2O. The number of nitrogens with zero attached hydrogens (tertiary/aromatic N) is 2. The van der Waals surface area contributed by atoms with Crippen LogP contribution in [0.4, 0.5) is 5.69 Å². The Morgan fingerprint density at radius 1 is 1.26 bits per heavy atom. The molecule has 96 valence electrons. The van der Waals surface area contributed by atoms with E-state index in [2.05, 4.69) is 9.98 Å². The number of carbonyl (C=O) groups is 1. The third-order valence-electron chi connectivity index (χ3n) is 3.31. The van der Waals surface area contributed by atoms with E-state index in [1.165, 1.54) is 0 Å². The molecule has 1 aromatic heterocycles. The number of halogens is 1.